The molecular formula is C13H12Cl2N2O4S. The number of rotatable bonds is 4. The van der Waals surface area contributed by atoms with Gasteiger partial charge in [0.15, 0.2) is 0 Å². The molecule has 0 spiro atoms. The van der Waals surface area contributed by atoms with Crippen LogP contribution in [-0.4, -0.2) is 25.0 Å². The molecule has 0 saturated heterocycles. The van der Waals surface area contributed by atoms with Gasteiger partial charge in [0.2, 0.25) is 0 Å². The van der Waals surface area contributed by atoms with Crippen LogP contribution in [-0.2, 0) is 14.8 Å². The molecule has 0 bridgehead atoms. The predicted molar refractivity (Wildman–Crippen MR) is 83.8 cm³/mol. The summed E-state index contributed by atoms with van der Waals surface area (Å²) < 4.78 is 31.0. The van der Waals surface area contributed by atoms with Crippen molar-refractivity contribution in [2.24, 2.45) is 0 Å². The lowest BCUT2D eigenvalue weighted by Crippen LogP contribution is -2.20. The third kappa shape index (κ3) is 2.92. The molecule has 0 amide bonds. The van der Waals surface area contributed by atoms with Crippen LogP contribution in [0.3, 0.4) is 0 Å². The van der Waals surface area contributed by atoms with Crippen LogP contribution in [0.25, 0.3) is 0 Å². The molecule has 1 aromatic carbocycles. The highest BCUT2D eigenvalue weighted by Gasteiger charge is 2.26. The highest BCUT2D eigenvalue weighted by molar-refractivity contribution is 7.90. The van der Waals surface area contributed by atoms with Crippen molar-refractivity contribution in [3.8, 4) is 0 Å². The molecule has 0 saturated carbocycles. The van der Waals surface area contributed by atoms with Gasteiger partial charge in [0, 0.05) is 6.20 Å². The van der Waals surface area contributed by atoms with Crippen LogP contribution in [0.4, 0.5) is 5.69 Å². The summed E-state index contributed by atoms with van der Waals surface area (Å²) in [5.74, 6) is -0.755. The summed E-state index contributed by atoms with van der Waals surface area (Å²) in [5.41, 5.74) is 5.51. The van der Waals surface area contributed by atoms with Gasteiger partial charge in [0.05, 0.1) is 22.3 Å². The van der Waals surface area contributed by atoms with Crippen LogP contribution < -0.4 is 5.73 Å². The van der Waals surface area contributed by atoms with Crippen LogP contribution in [0.1, 0.15) is 17.4 Å². The van der Waals surface area contributed by atoms with Gasteiger partial charge in [-0.1, -0.05) is 23.2 Å². The smallest absolute Gasteiger partial charge is 0.355 e. The summed E-state index contributed by atoms with van der Waals surface area (Å²) in [7, 11) is -4.11. The van der Waals surface area contributed by atoms with Crippen molar-refractivity contribution in [3.63, 3.8) is 0 Å². The molecule has 0 aliphatic heterocycles. The quantitative estimate of drug-likeness (QED) is 0.666. The number of ether oxygens (including phenoxy) is 1. The molecule has 9 heteroatoms. The molecule has 1 aromatic heterocycles. The minimum absolute atomic E-state index is 0.0410. The summed E-state index contributed by atoms with van der Waals surface area (Å²) in [6.07, 6.45) is 1.23. The van der Waals surface area contributed by atoms with Gasteiger partial charge in [-0.15, -0.1) is 0 Å². The van der Waals surface area contributed by atoms with Crippen molar-refractivity contribution in [2.75, 3.05) is 12.3 Å². The normalized spacial score (nSPS) is 11.4. The van der Waals surface area contributed by atoms with E-state index in [1.54, 1.807) is 6.92 Å². The maximum atomic E-state index is 12.7. The molecule has 0 unspecified atom stereocenters. The van der Waals surface area contributed by atoms with Gasteiger partial charge in [-0.05, 0) is 31.2 Å². The summed E-state index contributed by atoms with van der Waals surface area (Å²) in [5, 5.41) is 0.176. The molecule has 22 heavy (non-hydrogen) atoms. The molecule has 2 aromatic rings. The molecule has 0 aliphatic rings. The second-order valence-corrected chi connectivity index (χ2v) is 6.82. The van der Waals surface area contributed by atoms with E-state index in [4.69, 9.17) is 33.7 Å². The SMILES string of the molecule is CCOC(=O)c1cccn1S(=O)(=O)c1cc(Cl)c(Cl)cc1N. The number of anilines is 1. The molecule has 0 radical (unpaired) electrons. The number of nitrogens with two attached hydrogens (primary N) is 1. The molecule has 0 aliphatic carbocycles. The number of hydrogen-bond acceptors (Lipinski definition) is 5. The van der Waals surface area contributed by atoms with Gasteiger partial charge in [0.1, 0.15) is 10.6 Å². The van der Waals surface area contributed by atoms with Crippen LogP contribution in [0.5, 0.6) is 0 Å². The van der Waals surface area contributed by atoms with E-state index in [1.807, 2.05) is 0 Å². The maximum absolute atomic E-state index is 12.7. The van der Waals surface area contributed by atoms with Gasteiger partial charge in [-0.3, -0.25) is 0 Å². The average molecular weight is 363 g/mol. The molecule has 118 valence electrons. The number of benzene rings is 1. The Balaban J connectivity index is 2.60. The Kier molecular flexibility index (Phi) is 4.69. The van der Waals surface area contributed by atoms with Crippen molar-refractivity contribution in [3.05, 3.63) is 46.2 Å². The molecule has 2 N–H and O–H groups in total. The number of nitrogen functional groups attached to an aromatic ring is 1. The van der Waals surface area contributed by atoms with E-state index in [9.17, 15) is 13.2 Å². The van der Waals surface area contributed by atoms with Crippen LogP contribution in [0.2, 0.25) is 10.0 Å². The lowest BCUT2D eigenvalue weighted by Gasteiger charge is -2.12. The average Bonchev–Trinajstić information content (AvgIpc) is 2.93. The second-order valence-electron chi connectivity index (χ2n) is 4.22. The van der Waals surface area contributed by atoms with E-state index in [0.717, 1.165) is 10.0 Å². The van der Waals surface area contributed by atoms with E-state index in [0.29, 0.717) is 0 Å². The first-order valence-corrected chi connectivity index (χ1v) is 8.33. The lowest BCUT2D eigenvalue weighted by molar-refractivity contribution is 0.0518. The molecule has 1 heterocycles. The summed E-state index contributed by atoms with van der Waals surface area (Å²) in [4.78, 5) is 11.6. The van der Waals surface area contributed by atoms with Crippen LogP contribution in [0.15, 0.2) is 35.4 Å². The van der Waals surface area contributed by atoms with Crippen molar-refractivity contribution in [1.82, 2.24) is 3.97 Å². The van der Waals surface area contributed by atoms with E-state index >= 15 is 0 Å². The Hall–Kier alpha value is -1.70. The molecule has 0 atom stereocenters. The van der Waals surface area contributed by atoms with Crippen molar-refractivity contribution < 1.29 is 17.9 Å². The predicted octanol–water partition coefficient (Wildman–Crippen LogP) is 2.79. The number of nitrogens with zero attached hydrogens (tertiary/aromatic N) is 1. The summed E-state index contributed by atoms with van der Waals surface area (Å²) in [6, 6.07) is 5.13. The zero-order chi connectivity index (χ0) is 16.5. The Morgan fingerprint density at radius 3 is 2.59 bits per heavy atom. The van der Waals surface area contributed by atoms with Crippen molar-refractivity contribution in [1.29, 1.82) is 0 Å². The highest BCUT2D eigenvalue weighted by atomic mass is 35.5. The van der Waals surface area contributed by atoms with Crippen LogP contribution >= 0.6 is 23.2 Å². The van der Waals surface area contributed by atoms with Gasteiger partial charge < -0.3 is 10.5 Å². The molecule has 6 nitrogen and oxygen atoms in total. The van der Waals surface area contributed by atoms with E-state index in [2.05, 4.69) is 0 Å². The molecule has 2 rings (SSSR count). The number of esters is 1. The fourth-order valence-electron chi connectivity index (χ4n) is 1.81. The first-order chi connectivity index (χ1) is 10.3. The largest absolute Gasteiger partial charge is 0.461 e. The van der Waals surface area contributed by atoms with E-state index < -0.39 is 16.0 Å². The Bertz CT molecular complexity index is 831. The first kappa shape index (κ1) is 16.7. The minimum atomic E-state index is -4.11. The van der Waals surface area contributed by atoms with E-state index in [-0.39, 0.29) is 32.9 Å². The third-order valence-corrected chi connectivity index (χ3v) is 5.25. The number of hydrogen-bond donors (Lipinski definition) is 1. The standard InChI is InChI=1S/C13H12Cl2N2O4S/c1-2-21-13(18)11-4-3-5-17(11)22(19,20)12-7-9(15)8(14)6-10(12)16/h3-7H,2,16H2,1H3. The number of carbonyl (C=O) groups excluding carboxylic acids is 1. The Morgan fingerprint density at radius 1 is 1.32 bits per heavy atom. The summed E-state index contributed by atoms with van der Waals surface area (Å²) >= 11 is 11.6. The maximum Gasteiger partial charge on any atom is 0.355 e. The molecular weight excluding hydrogens is 351 g/mol. The van der Waals surface area contributed by atoms with Crippen LogP contribution in [0, 0.1) is 0 Å². The topological polar surface area (TPSA) is 91.4 Å². The van der Waals surface area contributed by atoms with Gasteiger partial charge >= 0.3 is 5.97 Å². The number of carbonyl (C=O) groups is 1. The van der Waals surface area contributed by atoms with Gasteiger partial charge in [-0.25, -0.2) is 17.2 Å². The van der Waals surface area contributed by atoms with Crippen molar-refractivity contribution >= 4 is 44.9 Å². The third-order valence-electron chi connectivity index (χ3n) is 2.79. The van der Waals surface area contributed by atoms with Gasteiger partial charge in [-0.2, -0.15) is 0 Å². The molecule has 0 fully saturated rings. The Labute approximate surface area is 137 Å². The highest BCUT2D eigenvalue weighted by Crippen LogP contribution is 2.31. The first-order valence-electron chi connectivity index (χ1n) is 6.13. The fraction of sp³-hybridized carbons (Fsp3) is 0.154. The van der Waals surface area contributed by atoms with Gasteiger partial charge in [0.25, 0.3) is 10.0 Å². The monoisotopic (exact) mass is 362 g/mol. The van der Waals surface area contributed by atoms with E-state index in [1.165, 1.54) is 24.4 Å². The zero-order valence-electron chi connectivity index (χ0n) is 11.4. The fourth-order valence-corrected chi connectivity index (χ4v) is 3.67. The Morgan fingerprint density at radius 2 is 1.95 bits per heavy atom. The second kappa shape index (κ2) is 6.20. The zero-order valence-corrected chi connectivity index (χ0v) is 13.7. The number of halogens is 2. The minimum Gasteiger partial charge on any atom is -0.461 e. The number of aromatic nitrogens is 1. The lowest BCUT2D eigenvalue weighted by atomic mass is 10.3. The van der Waals surface area contributed by atoms with Crippen molar-refractivity contribution in [2.45, 2.75) is 11.8 Å². The summed E-state index contributed by atoms with van der Waals surface area (Å²) in [6.45, 7) is 1.75.